The van der Waals surface area contributed by atoms with E-state index in [4.69, 9.17) is 0 Å². The van der Waals surface area contributed by atoms with Crippen molar-refractivity contribution in [1.29, 1.82) is 0 Å². The summed E-state index contributed by atoms with van der Waals surface area (Å²) in [6, 6.07) is 8.48. The van der Waals surface area contributed by atoms with Crippen molar-refractivity contribution in [1.82, 2.24) is 4.90 Å². The van der Waals surface area contributed by atoms with Gasteiger partial charge in [0, 0.05) is 43.5 Å². The SMILES string of the molecule is CC(C)N1CCC(N2CCc3cc(S(=O)(=O)c4cc(F)cc(F)c4)ccc32)CC1. The zero-order valence-corrected chi connectivity index (χ0v) is 17.6. The number of rotatable bonds is 4. The molecule has 7 heteroatoms. The van der Waals surface area contributed by atoms with Crippen LogP contribution in [0.4, 0.5) is 14.5 Å². The van der Waals surface area contributed by atoms with Crippen LogP contribution in [0.15, 0.2) is 46.2 Å². The van der Waals surface area contributed by atoms with Gasteiger partial charge < -0.3 is 9.80 Å². The molecule has 4 nitrogen and oxygen atoms in total. The number of nitrogens with zero attached hydrogens (tertiary/aromatic N) is 2. The van der Waals surface area contributed by atoms with Crippen LogP contribution in [-0.2, 0) is 16.3 Å². The number of anilines is 1. The summed E-state index contributed by atoms with van der Waals surface area (Å²) in [6.45, 7) is 7.47. The van der Waals surface area contributed by atoms with Crippen LogP contribution in [0.25, 0.3) is 0 Å². The first-order valence-electron chi connectivity index (χ1n) is 10.1. The highest BCUT2D eigenvalue weighted by Crippen LogP contribution is 2.35. The first-order chi connectivity index (χ1) is 13.8. The molecule has 2 aromatic carbocycles. The quantitative estimate of drug-likeness (QED) is 0.749. The molecule has 0 aliphatic carbocycles. The maximum absolute atomic E-state index is 13.5. The van der Waals surface area contributed by atoms with Crippen LogP contribution in [0.1, 0.15) is 32.3 Å². The Kier molecular flexibility index (Phi) is 5.38. The predicted molar refractivity (Wildman–Crippen MR) is 109 cm³/mol. The smallest absolute Gasteiger partial charge is 0.206 e. The van der Waals surface area contributed by atoms with Gasteiger partial charge in [-0.05, 0) is 69.0 Å². The number of piperidine rings is 1. The Labute approximate surface area is 171 Å². The third-order valence-electron chi connectivity index (χ3n) is 6.11. The van der Waals surface area contributed by atoms with Gasteiger partial charge in [0.05, 0.1) is 9.79 Å². The summed E-state index contributed by atoms with van der Waals surface area (Å²) in [5.41, 5.74) is 2.06. The molecule has 0 aromatic heterocycles. The molecule has 2 heterocycles. The molecule has 1 fully saturated rings. The normalized spacial score (nSPS) is 18.4. The molecule has 2 aliphatic heterocycles. The van der Waals surface area contributed by atoms with Crippen LogP contribution in [-0.4, -0.2) is 45.0 Å². The fourth-order valence-corrected chi connectivity index (χ4v) is 5.84. The van der Waals surface area contributed by atoms with Crippen molar-refractivity contribution in [2.45, 2.75) is 55.0 Å². The van der Waals surface area contributed by atoms with E-state index in [1.807, 2.05) is 6.07 Å². The van der Waals surface area contributed by atoms with E-state index >= 15 is 0 Å². The van der Waals surface area contributed by atoms with Crippen molar-refractivity contribution in [2.24, 2.45) is 0 Å². The van der Waals surface area contributed by atoms with Gasteiger partial charge in [0.2, 0.25) is 9.84 Å². The van der Waals surface area contributed by atoms with E-state index in [1.165, 1.54) is 0 Å². The van der Waals surface area contributed by atoms with Crippen molar-refractivity contribution in [3.8, 4) is 0 Å². The summed E-state index contributed by atoms with van der Waals surface area (Å²) in [6.07, 6.45) is 2.97. The second-order valence-corrected chi connectivity index (χ2v) is 10.2. The van der Waals surface area contributed by atoms with Gasteiger partial charge in [0.25, 0.3) is 0 Å². The largest absolute Gasteiger partial charge is 0.368 e. The minimum absolute atomic E-state index is 0.0812. The van der Waals surface area contributed by atoms with Crippen molar-refractivity contribution in [3.63, 3.8) is 0 Å². The van der Waals surface area contributed by atoms with Crippen molar-refractivity contribution in [3.05, 3.63) is 53.6 Å². The maximum atomic E-state index is 13.5. The number of hydrogen-bond donors (Lipinski definition) is 0. The molecule has 0 bridgehead atoms. The molecule has 0 saturated carbocycles. The Hall–Kier alpha value is -1.99. The lowest BCUT2D eigenvalue weighted by Gasteiger charge is -2.39. The van der Waals surface area contributed by atoms with Crippen molar-refractivity contribution >= 4 is 15.5 Å². The Bertz CT molecular complexity index is 995. The van der Waals surface area contributed by atoms with Gasteiger partial charge in [-0.15, -0.1) is 0 Å². The van der Waals surface area contributed by atoms with Crippen LogP contribution < -0.4 is 4.90 Å². The molecule has 0 radical (unpaired) electrons. The molecule has 1 saturated heterocycles. The first kappa shape index (κ1) is 20.3. The van der Waals surface area contributed by atoms with E-state index in [-0.39, 0.29) is 9.79 Å². The Morgan fingerprint density at radius 3 is 2.21 bits per heavy atom. The van der Waals surface area contributed by atoms with Gasteiger partial charge in [0.1, 0.15) is 11.6 Å². The first-order valence-corrected chi connectivity index (χ1v) is 11.6. The van der Waals surface area contributed by atoms with Crippen LogP contribution in [0.5, 0.6) is 0 Å². The third-order valence-corrected chi connectivity index (χ3v) is 7.84. The van der Waals surface area contributed by atoms with E-state index in [0.29, 0.717) is 18.2 Å². The third kappa shape index (κ3) is 3.90. The second kappa shape index (κ2) is 7.69. The summed E-state index contributed by atoms with van der Waals surface area (Å²) in [7, 11) is -3.97. The number of halogens is 2. The number of likely N-dealkylation sites (tertiary alicyclic amines) is 1. The Balaban J connectivity index is 1.57. The molecular formula is C22H26F2N2O2S. The van der Waals surface area contributed by atoms with E-state index in [0.717, 1.165) is 62.3 Å². The Morgan fingerprint density at radius 2 is 1.59 bits per heavy atom. The monoisotopic (exact) mass is 420 g/mol. The molecular weight excluding hydrogens is 394 g/mol. The van der Waals surface area contributed by atoms with E-state index in [9.17, 15) is 17.2 Å². The number of benzene rings is 2. The van der Waals surface area contributed by atoms with E-state index < -0.39 is 21.5 Å². The van der Waals surface area contributed by atoms with Crippen molar-refractivity contribution in [2.75, 3.05) is 24.5 Å². The minimum atomic E-state index is -3.97. The second-order valence-electron chi connectivity index (χ2n) is 8.20. The lowest BCUT2D eigenvalue weighted by Crippen LogP contribution is -2.46. The molecule has 0 atom stereocenters. The molecule has 0 amide bonds. The predicted octanol–water partition coefficient (Wildman–Crippen LogP) is 4.03. The zero-order valence-electron chi connectivity index (χ0n) is 16.7. The van der Waals surface area contributed by atoms with Crippen LogP contribution in [0, 0.1) is 11.6 Å². The molecule has 29 heavy (non-hydrogen) atoms. The van der Waals surface area contributed by atoms with E-state index in [1.54, 1.807) is 12.1 Å². The number of fused-ring (bicyclic) bond motifs is 1. The highest BCUT2D eigenvalue weighted by atomic mass is 32.2. The van der Waals surface area contributed by atoms with E-state index in [2.05, 4.69) is 23.6 Å². The van der Waals surface area contributed by atoms with Crippen LogP contribution in [0.2, 0.25) is 0 Å². The molecule has 2 aliphatic rings. The average molecular weight is 421 g/mol. The standard InChI is InChI=1S/C22H26F2N2O2S/c1-15(2)25-8-6-19(7-9-25)26-10-5-16-11-20(3-4-22(16)26)29(27,28)21-13-17(23)12-18(24)14-21/h3-4,11-15,19H,5-10H2,1-2H3. The van der Waals surface area contributed by atoms with Crippen LogP contribution in [0.3, 0.4) is 0 Å². The van der Waals surface area contributed by atoms with Gasteiger partial charge in [-0.1, -0.05) is 0 Å². The Morgan fingerprint density at radius 1 is 0.931 bits per heavy atom. The van der Waals surface area contributed by atoms with Gasteiger partial charge in [-0.25, -0.2) is 17.2 Å². The summed E-state index contributed by atoms with van der Waals surface area (Å²) in [5.74, 6) is -1.80. The lowest BCUT2D eigenvalue weighted by atomic mass is 10.0. The summed E-state index contributed by atoms with van der Waals surface area (Å²) in [4.78, 5) is 4.61. The highest BCUT2D eigenvalue weighted by Gasteiger charge is 2.31. The fourth-order valence-electron chi connectivity index (χ4n) is 4.48. The number of hydrogen-bond acceptors (Lipinski definition) is 4. The summed E-state index contributed by atoms with van der Waals surface area (Å²) in [5, 5.41) is 0. The topological polar surface area (TPSA) is 40.6 Å². The number of sulfone groups is 1. The maximum Gasteiger partial charge on any atom is 0.206 e. The molecule has 0 spiro atoms. The van der Waals surface area contributed by atoms with Gasteiger partial charge in [-0.2, -0.15) is 0 Å². The molecule has 4 rings (SSSR count). The zero-order chi connectivity index (χ0) is 20.8. The fraction of sp³-hybridized carbons (Fsp3) is 0.455. The lowest BCUT2D eigenvalue weighted by molar-refractivity contribution is 0.170. The van der Waals surface area contributed by atoms with Crippen LogP contribution >= 0.6 is 0 Å². The molecule has 156 valence electrons. The van der Waals surface area contributed by atoms with Gasteiger partial charge in [-0.3, -0.25) is 0 Å². The van der Waals surface area contributed by atoms with Crippen molar-refractivity contribution < 1.29 is 17.2 Å². The minimum Gasteiger partial charge on any atom is -0.368 e. The molecule has 2 aromatic rings. The highest BCUT2D eigenvalue weighted by molar-refractivity contribution is 7.91. The van der Waals surface area contributed by atoms with Gasteiger partial charge in [0.15, 0.2) is 0 Å². The average Bonchev–Trinajstić information content (AvgIpc) is 3.10. The molecule has 0 unspecified atom stereocenters. The summed E-state index contributed by atoms with van der Waals surface area (Å²) < 4.78 is 52.8. The summed E-state index contributed by atoms with van der Waals surface area (Å²) >= 11 is 0. The molecule has 0 N–H and O–H groups in total. The van der Waals surface area contributed by atoms with Gasteiger partial charge >= 0.3 is 0 Å².